The Morgan fingerprint density at radius 2 is 2.24 bits per heavy atom. The van der Waals surface area contributed by atoms with E-state index in [2.05, 4.69) is 28.2 Å². The molecule has 1 unspecified atom stereocenters. The van der Waals surface area contributed by atoms with E-state index in [0.29, 0.717) is 22.0 Å². The summed E-state index contributed by atoms with van der Waals surface area (Å²) in [6.45, 7) is 4.70. The molecule has 0 spiro atoms. The summed E-state index contributed by atoms with van der Waals surface area (Å²) in [6, 6.07) is 5.36. The molecule has 1 N–H and O–H groups in total. The van der Waals surface area contributed by atoms with E-state index in [-0.39, 0.29) is 5.91 Å². The first-order valence-electron chi connectivity index (χ1n) is 5.73. The van der Waals surface area contributed by atoms with Gasteiger partial charge in [0.15, 0.2) is 0 Å². The molecule has 0 fully saturated rings. The molecule has 1 rings (SSSR count). The Hall–Kier alpha value is -0.540. The predicted molar refractivity (Wildman–Crippen MR) is 76.1 cm³/mol. The topological polar surface area (TPSA) is 29.1 Å². The molecular weight excluding hydrogens is 302 g/mol. The average molecular weight is 319 g/mol. The van der Waals surface area contributed by atoms with Crippen molar-refractivity contribution in [2.75, 3.05) is 6.54 Å². The van der Waals surface area contributed by atoms with Crippen LogP contribution in [0.4, 0.5) is 0 Å². The van der Waals surface area contributed by atoms with E-state index in [4.69, 9.17) is 11.6 Å². The smallest absolute Gasteiger partial charge is 0.251 e. The number of amides is 1. The lowest BCUT2D eigenvalue weighted by atomic mass is 10.1. The molecule has 1 amide bonds. The zero-order valence-corrected chi connectivity index (χ0v) is 12.4. The number of halogens is 2. The van der Waals surface area contributed by atoms with Crippen LogP contribution in [0, 0.1) is 6.92 Å². The van der Waals surface area contributed by atoms with Crippen molar-refractivity contribution in [3.8, 4) is 0 Å². The van der Waals surface area contributed by atoms with E-state index in [1.807, 2.05) is 13.0 Å². The van der Waals surface area contributed by atoms with Crippen LogP contribution in [0.1, 0.15) is 35.7 Å². The van der Waals surface area contributed by atoms with Crippen molar-refractivity contribution < 1.29 is 4.79 Å². The van der Waals surface area contributed by atoms with Crippen molar-refractivity contribution in [1.82, 2.24) is 5.32 Å². The van der Waals surface area contributed by atoms with Crippen LogP contribution >= 0.6 is 27.5 Å². The Balaban J connectivity index is 2.50. The lowest BCUT2D eigenvalue weighted by Crippen LogP contribution is -2.25. The number of rotatable bonds is 5. The first-order valence-corrected chi connectivity index (χ1v) is 7.02. The van der Waals surface area contributed by atoms with Gasteiger partial charge in [0.1, 0.15) is 0 Å². The van der Waals surface area contributed by atoms with Gasteiger partial charge < -0.3 is 5.32 Å². The minimum atomic E-state index is -0.0669. The number of alkyl halides is 1. The highest BCUT2D eigenvalue weighted by Crippen LogP contribution is 2.16. The van der Waals surface area contributed by atoms with Gasteiger partial charge in [-0.15, -0.1) is 0 Å². The number of carbonyl (C=O) groups is 1. The molecule has 94 valence electrons. The molecule has 0 saturated heterocycles. The third-order valence-electron chi connectivity index (χ3n) is 2.62. The van der Waals surface area contributed by atoms with Crippen LogP contribution in [0.15, 0.2) is 18.2 Å². The van der Waals surface area contributed by atoms with E-state index in [1.165, 1.54) is 0 Å². The maximum absolute atomic E-state index is 11.8. The van der Waals surface area contributed by atoms with E-state index in [0.717, 1.165) is 18.4 Å². The van der Waals surface area contributed by atoms with Crippen LogP contribution in [-0.4, -0.2) is 17.3 Å². The monoisotopic (exact) mass is 317 g/mol. The summed E-state index contributed by atoms with van der Waals surface area (Å²) >= 11 is 9.51. The van der Waals surface area contributed by atoms with Gasteiger partial charge in [0.2, 0.25) is 0 Å². The zero-order chi connectivity index (χ0) is 12.8. The molecular formula is C13H17BrClNO. The minimum absolute atomic E-state index is 0.0669. The Labute approximate surface area is 116 Å². The van der Waals surface area contributed by atoms with Crippen LogP contribution in [0.5, 0.6) is 0 Å². The van der Waals surface area contributed by atoms with Gasteiger partial charge >= 0.3 is 0 Å². The van der Waals surface area contributed by atoms with Gasteiger partial charge in [0, 0.05) is 22.0 Å². The highest BCUT2D eigenvalue weighted by atomic mass is 79.9. The molecule has 0 radical (unpaired) electrons. The van der Waals surface area contributed by atoms with Gasteiger partial charge in [-0.1, -0.05) is 40.5 Å². The molecule has 1 aromatic rings. The fraction of sp³-hybridized carbons (Fsp3) is 0.462. The van der Waals surface area contributed by atoms with Crippen LogP contribution in [0.25, 0.3) is 0 Å². The first kappa shape index (κ1) is 14.5. The summed E-state index contributed by atoms with van der Waals surface area (Å²) in [5.41, 5.74) is 1.60. The molecule has 0 aliphatic rings. The van der Waals surface area contributed by atoms with Crippen molar-refractivity contribution in [2.24, 2.45) is 0 Å². The van der Waals surface area contributed by atoms with E-state index in [9.17, 15) is 4.79 Å². The number of benzene rings is 1. The third-order valence-corrected chi connectivity index (χ3v) is 4.13. The molecule has 1 aromatic carbocycles. The molecule has 0 aliphatic carbocycles. The van der Waals surface area contributed by atoms with E-state index < -0.39 is 0 Å². The van der Waals surface area contributed by atoms with Gasteiger partial charge in [0.25, 0.3) is 5.91 Å². The minimum Gasteiger partial charge on any atom is -0.352 e. The Morgan fingerprint density at radius 3 is 2.82 bits per heavy atom. The maximum atomic E-state index is 11.8. The van der Waals surface area contributed by atoms with Crippen molar-refractivity contribution in [2.45, 2.75) is 31.5 Å². The maximum Gasteiger partial charge on any atom is 0.251 e. The lowest BCUT2D eigenvalue weighted by Gasteiger charge is -2.09. The quantitative estimate of drug-likeness (QED) is 0.819. The van der Waals surface area contributed by atoms with Crippen molar-refractivity contribution in [3.05, 3.63) is 34.3 Å². The van der Waals surface area contributed by atoms with Crippen LogP contribution in [0.3, 0.4) is 0 Å². The van der Waals surface area contributed by atoms with Crippen molar-refractivity contribution >= 4 is 33.4 Å². The molecule has 0 saturated carbocycles. The molecule has 0 aliphatic heterocycles. The molecule has 2 nitrogen and oxygen atoms in total. The van der Waals surface area contributed by atoms with E-state index >= 15 is 0 Å². The summed E-state index contributed by atoms with van der Waals surface area (Å²) in [6.07, 6.45) is 1.99. The number of hydrogen-bond donors (Lipinski definition) is 1. The Morgan fingerprint density at radius 1 is 1.53 bits per heavy atom. The number of nitrogens with one attached hydrogen (secondary N) is 1. The third kappa shape index (κ3) is 4.68. The summed E-state index contributed by atoms with van der Waals surface area (Å²) in [7, 11) is 0. The second kappa shape index (κ2) is 7.02. The SMILES string of the molecule is CCC(Br)CCNC(=O)c1ccc(C)c(Cl)c1. The Kier molecular flexibility index (Phi) is 6.00. The molecule has 0 heterocycles. The molecule has 0 bridgehead atoms. The highest BCUT2D eigenvalue weighted by molar-refractivity contribution is 9.09. The van der Waals surface area contributed by atoms with Gasteiger partial charge in [-0.2, -0.15) is 0 Å². The summed E-state index contributed by atoms with van der Waals surface area (Å²) in [4.78, 5) is 12.3. The summed E-state index contributed by atoms with van der Waals surface area (Å²) < 4.78 is 0. The van der Waals surface area contributed by atoms with Crippen LogP contribution in [-0.2, 0) is 0 Å². The highest BCUT2D eigenvalue weighted by Gasteiger charge is 2.07. The summed E-state index contributed by atoms with van der Waals surface area (Å²) in [5.74, 6) is -0.0669. The van der Waals surface area contributed by atoms with E-state index in [1.54, 1.807) is 12.1 Å². The molecule has 4 heteroatoms. The standard InChI is InChI=1S/C13H17BrClNO/c1-3-11(14)6-7-16-13(17)10-5-4-9(2)12(15)8-10/h4-5,8,11H,3,6-7H2,1-2H3,(H,16,17). The number of carbonyl (C=O) groups excluding carboxylic acids is 1. The van der Waals surface area contributed by atoms with Crippen molar-refractivity contribution in [1.29, 1.82) is 0 Å². The van der Waals surface area contributed by atoms with Crippen molar-refractivity contribution in [3.63, 3.8) is 0 Å². The average Bonchev–Trinajstić information content (AvgIpc) is 2.32. The molecule has 0 aromatic heterocycles. The van der Waals surface area contributed by atoms with Crippen LogP contribution < -0.4 is 5.32 Å². The number of hydrogen-bond acceptors (Lipinski definition) is 1. The largest absolute Gasteiger partial charge is 0.352 e. The fourth-order valence-electron chi connectivity index (χ4n) is 1.38. The normalized spacial score (nSPS) is 12.2. The van der Waals surface area contributed by atoms with Gasteiger partial charge in [0.05, 0.1) is 0 Å². The second-order valence-electron chi connectivity index (χ2n) is 4.01. The van der Waals surface area contributed by atoms with Crippen LogP contribution in [0.2, 0.25) is 5.02 Å². The van der Waals surface area contributed by atoms with Gasteiger partial charge in [-0.3, -0.25) is 4.79 Å². The predicted octanol–water partition coefficient (Wildman–Crippen LogP) is 3.94. The Bertz CT molecular complexity index is 395. The number of aryl methyl sites for hydroxylation is 1. The zero-order valence-electron chi connectivity index (χ0n) is 10.1. The van der Waals surface area contributed by atoms with Gasteiger partial charge in [-0.05, 0) is 37.5 Å². The van der Waals surface area contributed by atoms with Gasteiger partial charge in [-0.25, -0.2) is 0 Å². The second-order valence-corrected chi connectivity index (χ2v) is 5.72. The molecule has 17 heavy (non-hydrogen) atoms. The first-order chi connectivity index (χ1) is 8.04. The summed E-state index contributed by atoms with van der Waals surface area (Å²) in [5, 5.41) is 3.51. The lowest BCUT2D eigenvalue weighted by molar-refractivity contribution is 0.0953. The molecule has 1 atom stereocenters. The fourth-order valence-corrected chi connectivity index (χ4v) is 1.79.